The van der Waals surface area contributed by atoms with Crippen molar-refractivity contribution >= 4 is 5.97 Å². The van der Waals surface area contributed by atoms with E-state index in [1.54, 1.807) is 0 Å². The summed E-state index contributed by atoms with van der Waals surface area (Å²) in [6.45, 7) is -1.21. The van der Waals surface area contributed by atoms with E-state index in [1.807, 2.05) is 0 Å². The van der Waals surface area contributed by atoms with Crippen molar-refractivity contribution in [2.24, 2.45) is 0 Å². The van der Waals surface area contributed by atoms with Gasteiger partial charge in [-0.05, 0) is 0 Å². The van der Waals surface area contributed by atoms with Crippen LogP contribution in [-0.4, -0.2) is 40.9 Å². The third-order valence-electron chi connectivity index (χ3n) is 0.740. The molecule has 10 heavy (non-hydrogen) atoms. The van der Waals surface area contributed by atoms with Crippen LogP contribution in [0.15, 0.2) is 0 Å². The Morgan fingerprint density at radius 2 is 2.10 bits per heavy atom. The van der Waals surface area contributed by atoms with Gasteiger partial charge < -0.3 is 10.3 Å². The molecule has 0 unspecified atom stereocenters. The van der Waals surface area contributed by atoms with Crippen LogP contribution >= 0.6 is 0 Å². The second-order valence-corrected chi connectivity index (χ2v) is 1.83. The lowest BCUT2D eigenvalue weighted by Crippen LogP contribution is -2.39. The summed E-state index contributed by atoms with van der Waals surface area (Å²) in [6.07, 6.45) is 0. The molecule has 0 atom stereocenters. The van der Waals surface area contributed by atoms with Crippen LogP contribution in [0, 0.1) is 0 Å². The molecular weight excluding hydrogens is 148 g/mol. The molecule has 0 amide bonds. The summed E-state index contributed by atoms with van der Waals surface area (Å²) in [7, 11) is 0.941. The first-order valence-electron chi connectivity index (χ1n) is 2.37. The van der Waals surface area contributed by atoms with Gasteiger partial charge in [-0.3, -0.25) is 0 Å². The molecule has 0 saturated carbocycles. The molecule has 0 aliphatic heterocycles. The van der Waals surface area contributed by atoms with Gasteiger partial charge in [0.2, 0.25) is 0 Å². The normalized spacial score (nSPS) is 12.1. The standard InChI is InChI=1S/C4H7F2NO3/c1-7(10)2-4(5,6)3(8)9/h10H,2H2,1H3,(H,8,9). The Morgan fingerprint density at radius 1 is 1.70 bits per heavy atom. The third kappa shape index (κ3) is 2.70. The Bertz CT molecular complexity index is 136. The van der Waals surface area contributed by atoms with Crippen LogP contribution in [0.4, 0.5) is 8.78 Å². The van der Waals surface area contributed by atoms with Gasteiger partial charge in [0.05, 0.1) is 6.54 Å². The van der Waals surface area contributed by atoms with E-state index in [9.17, 15) is 13.6 Å². The van der Waals surface area contributed by atoms with Gasteiger partial charge in [0.25, 0.3) is 0 Å². The van der Waals surface area contributed by atoms with Crippen molar-refractivity contribution in [3.05, 3.63) is 0 Å². The van der Waals surface area contributed by atoms with Gasteiger partial charge in [-0.15, -0.1) is 0 Å². The molecule has 6 heteroatoms. The zero-order valence-corrected chi connectivity index (χ0v) is 5.21. The molecule has 0 aliphatic carbocycles. The van der Waals surface area contributed by atoms with Gasteiger partial charge in [-0.25, -0.2) is 4.79 Å². The summed E-state index contributed by atoms with van der Waals surface area (Å²) in [5.41, 5.74) is 0. The Labute approximate surface area is 55.6 Å². The Balaban J connectivity index is 4.00. The molecule has 0 aromatic rings. The predicted molar refractivity (Wildman–Crippen MR) is 27.0 cm³/mol. The Morgan fingerprint density at radius 3 is 2.20 bits per heavy atom. The van der Waals surface area contributed by atoms with E-state index in [-0.39, 0.29) is 5.06 Å². The Hall–Kier alpha value is -0.750. The number of halogens is 2. The summed E-state index contributed by atoms with van der Waals surface area (Å²) in [6, 6.07) is 0. The lowest BCUT2D eigenvalue weighted by molar-refractivity contribution is -0.182. The fourth-order valence-electron chi connectivity index (χ4n) is 0.355. The molecule has 0 heterocycles. The molecular formula is C4H7F2NO3. The van der Waals surface area contributed by atoms with Gasteiger partial charge in [0.1, 0.15) is 0 Å². The number of hydrogen-bond donors (Lipinski definition) is 2. The first kappa shape index (κ1) is 9.25. The van der Waals surface area contributed by atoms with Crippen LogP contribution in [0.5, 0.6) is 0 Å². The molecule has 0 bridgehead atoms. The average Bonchev–Trinajstić information content (AvgIpc) is 1.60. The third-order valence-corrected chi connectivity index (χ3v) is 0.740. The van der Waals surface area contributed by atoms with E-state index in [1.165, 1.54) is 0 Å². The number of rotatable bonds is 3. The number of hydroxylamine groups is 2. The number of nitrogens with zero attached hydrogens (tertiary/aromatic N) is 1. The molecule has 0 aromatic heterocycles. The minimum atomic E-state index is -3.89. The smallest absolute Gasteiger partial charge is 0.376 e. The molecule has 0 rings (SSSR count). The highest BCUT2D eigenvalue weighted by Crippen LogP contribution is 2.13. The number of carboxylic acids is 1. The molecule has 0 radical (unpaired) electrons. The highest BCUT2D eigenvalue weighted by Gasteiger charge is 2.39. The van der Waals surface area contributed by atoms with Crippen LogP contribution in [0.25, 0.3) is 0 Å². The van der Waals surface area contributed by atoms with E-state index >= 15 is 0 Å². The van der Waals surface area contributed by atoms with Crippen LogP contribution in [0.2, 0.25) is 0 Å². The summed E-state index contributed by atoms with van der Waals surface area (Å²) >= 11 is 0. The second kappa shape index (κ2) is 2.89. The first-order chi connectivity index (χ1) is 4.36. The molecule has 0 saturated heterocycles. The largest absolute Gasteiger partial charge is 0.477 e. The van der Waals surface area contributed by atoms with E-state index in [4.69, 9.17) is 10.3 Å². The average molecular weight is 155 g/mol. The SMILES string of the molecule is CN(O)CC(F)(F)C(=O)O. The van der Waals surface area contributed by atoms with Gasteiger partial charge in [0, 0.05) is 7.05 Å². The maximum atomic E-state index is 12.0. The van der Waals surface area contributed by atoms with E-state index in [2.05, 4.69) is 0 Å². The van der Waals surface area contributed by atoms with Crippen molar-refractivity contribution in [3.8, 4) is 0 Å². The molecule has 0 spiro atoms. The minimum Gasteiger partial charge on any atom is -0.477 e. The van der Waals surface area contributed by atoms with Crippen LogP contribution in [-0.2, 0) is 4.79 Å². The minimum absolute atomic E-state index is 0.119. The highest BCUT2D eigenvalue weighted by atomic mass is 19.3. The van der Waals surface area contributed by atoms with E-state index in [0.717, 1.165) is 7.05 Å². The summed E-state index contributed by atoms with van der Waals surface area (Å²) in [5.74, 6) is -6.13. The molecule has 2 N–H and O–H groups in total. The van der Waals surface area contributed by atoms with Gasteiger partial charge in [-0.2, -0.15) is 13.8 Å². The number of aliphatic carboxylic acids is 1. The van der Waals surface area contributed by atoms with Crippen molar-refractivity contribution in [1.82, 2.24) is 5.06 Å². The lowest BCUT2D eigenvalue weighted by atomic mass is 10.3. The topological polar surface area (TPSA) is 60.8 Å². The van der Waals surface area contributed by atoms with E-state index in [0.29, 0.717) is 0 Å². The first-order valence-corrected chi connectivity index (χ1v) is 2.37. The number of hydrogen-bond acceptors (Lipinski definition) is 3. The quantitative estimate of drug-likeness (QED) is 0.564. The highest BCUT2D eigenvalue weighted by molar-refractivity contribution is 5.75. The predicted octanol–water partition coefficient (Wildman–Crippen LogP) is 0.0273. The van der Waals surface area contributed by atoms with Crippen LogP contribution < -0.4 is 0 Å². The van der Waals surface area contributed by atoms with Gasteiger partial charge in [0.15, 0.2) is 0 Å². The summed E-state index contributed by atoms with van der Waals surface area (Å²) in [5, 5.41) is 16.1. The molecule has 0 fully saturated rings. The van der Waals surface area contributed by atoms with Crippen LogP contribution in [0.3, 0.4) is 0 Å². The monoisotopic (exact) mass is 155 g/mol. The fourth-order valence-corrected chi connectivity index (χ4v) is 0.355. The number of alkyl halides is 2. The molecule has 0 aromatic carbocycles. The van der Waals surface area contributed by atoms with Gasteiger partial charge in [-0.1, -0.05) is 0 Å². The Kier molecular flexibility index (Phi) is 2.67. The fraction of sp³-hybridized carbons (Fsp3) is 0.750. The lowest BCUT2D eigenvalue weighted by Gasteiger charge is -2.14. The van der Waals surface area contributed by atoms with Crippen molar-refractivity contribution in [3.63, 3.8) is 0 Å². The summed E-state index contributed by atoms with van der Waals surface area (Å²) < 4.78 is 24.0. The zero-order chi connectivity index (χ0) is 8.36. The van der Waals surface area contributed by atoms with Crippen molar-refractivity contribution < 1.29 is 23.9 Å². The number of carboxylic acid groups (broad SMARTS) is 1. The van der Waals surface area contributed by atoms with Crippen molar-refractivity contribution in [2.75, 3.05) is 13.6 Å². The van der Waals surface area contributed by atoms with Crippen molar-refractivity contribution in [1.29, 1.82) is 0 Å². The molecule has 0 aliphatic rings. The molecule has 60 valence electrons. The maximum absolute atomic E-state index is 12.0. The second-order valence-electron chi connectivity index (χ2n) is 1.83. The maximum Gasteiger partial charge on any atom is 0.376 e. The summed E-state index contributed by atoms with van der Waals surface area (Å²) in [4.78, 5) is 9.67. The van der Waals surface area contributed by atoms with Crippen molar-refractivity contribution in [2.45, 2.75) is 5.92 Å². The van der Waals surface area contributed by atoms with Crippen LogP contribution in [0.1, 0.15) is 0 Å². The molecule has 4 nitrogen and oxygen atoms in total. The zero-order valence-electron chi connectivity index (χ0n) is 5.21. The number of carbonyl (C=O) groups is 1. The van der Waals surface area contributed by atoms with E-state index < -0.39 is 18.4 Å². The van der Waals surface area contributed by atoms with Gasteiger partial charge >= 0.3 is 11.9 Å².